The van der Waals surface area contributed by atoms with Crippen molar-refractivity contribution in [3.05, 3.63) is 24.3 Å². The van der Waals surface area contributed by atoms with Crippen molar-refractivity contribution in [3.63, 3.8) is 0 Å². The van der Waals surface area contributed by atoms with Gasteiger partial charge in [-0.3, -0.25) is 0 Å². The number of likely N-dealkylation sites (N-methyl/N-ethyl adjacent to an activating group) is 1. The van der Waals surface area contributed by atoms with Crippen molar-refractivity contribution in [2.45, 2.75) is 37.8 Å². The minimum absolute atomic E-state index is 0.167. The van der Waals surface area contributed by atoms with Gasteiger partial charge in [0.1, 0.15) is 4.90 Å². The van der Waals surface area contributed by atoms with Crippen LogP contribution in [0.5, 0.6) is 0 Å². The van der Waals surface area contributed by atoms with Gasteiger partial charge < -0.3 is 10.0 Å². The highest BCUT2D eigenvalue weighted by Gasteiger charge is 2.21. The minimum Gasteiger partial charge on any atom is -0.392 e. The molecule has 2 N–H and O–H groups in total. The average Bonchev–Trinajstić information content (AvgIpc) is 2.26. The van der Waals surface area contributed by atoms with Gasteiger partial charge in [0.05, 0.1) is 11.8 Å². The maximum Gasteiger partial charge on any atom is 0.242 e. The molecule has 0 spiro atoms. The Morgan fingerprint density at radius 2 is 1.84 bits per heavy atom. The van der Waals surface area contributed by atoms with Crippen LogP contribution >= 0.6 is 0 Å². The fourth-order valence-corrected chi connectivity index (χ4v) is 3.37. The third kappa shape index (κ3) is 4.49. The largest absolute Gasteiger partial charge is 0.392 e. The van der Waals surface area contributed by atoms with E-state index < -0.39 is 16.1 Å². The fourth-order valence-electron chi connectivity index (χ4n) is 1.87. The lowest BCUT2D eigenvalue weighted by molar-refractivity contribution is 0.201. The maximum atomic E-state index is 12.3. The van der Waals surface area contributed by atoms with Gasteiger partial charge in [0, 0.05) is 19.6 Å². The van der Waals surface area contributed by atoms with Gasteiger partial charge in [-0.2, -0.15) is 0 Å². The van der Waals surface area contributed by atoms with Crippen molar-refractivity contribution in [2.75, 3.05) is 18.5 Å². The van der Waals surface area contributed by atoms with Crippen molar-refractivity contribution in [1.29, 1.82) is 0 Å². The van der Waals surface area contributed by atoms with E-state index in [2.05, 4.69) is 4.72 Å². The second kappa shape index (κ2) is 6.36. The monoisotopic (exact) mass is 286 g/mol. The van der Waals surface area contributed by atoms with Crippen molar-refractivity contribution in [1.82, 2.24) is 4.72 Å². The zero-order valence-electron chi connectivity index (χ0n) is 11.8. The molecule has 0 bridgehead atoms. The lowest BCUT2D eigenvalue weighted by Crippen LogP contribution is -2.33. The Morgan fingerprint density at radius 1 is 1.26 bits per heavy atom. The summed E-state index contributed by atoms with van der Waals surface area (Å²) in [7, 11) is -1.78. The van der Waals surface area contributed by atoms with Gasteiger partial charge in [0.15, 0.2) is 0 Å². The number of aliphatic hydroxyl groups excluding tert-OH is 1. The SMILES string of the molecule is CC(O)CN(C)c1ccccc1S(=O)(=O)NC(C)C. The van der Waals surface area contributed by atoms with Crippen LogP contribution in [0.15, 0.2) is 29.2 Å². The summed E-state index contributed by atoms with van der Waals surface area (Å²) in [5.41, 5.74) is 0.580. The highest BCUT2D eigenvalue weighted by Crippen LogP contribution is 2.24. The van der Waals surface area contributed by atoms with Crippen LogP contribution in [0.1, 0.15) is 20.8 Å². The number of sulfonamides is 1. The number of rotatable bonds is 6. The van der Waals surface area contributed by atoms with E-state index in [4.69, 9.17) is 0 Å². The number of anilines is 1. The van der Waals surface area contributed by atoms with Crippen LogP contribution in [0.25, 0.3) is 0 Å². The van der Waals surface area contributed by atoms with Gasteiger partial charge in [-0.05, 0) is 32.9 Å². The minimum atomic E-state index is -3.54. The smallest absolute Gasteiger partial charge is 0.242 e. The molecule has 19 heavy (non-hydrogen) atoms. The molecule has 1 rings (SSSR count). The van der Waals surface area contributed by atoms with Crippen molar-refractivity contribution < 1.29 is 13.5 Å². The van der Waals surface area contributed by atoms with Gasteiger partial charge in [-0.25, -0.2) is 13.1 Å². The van der Waals surface area contributed by atoms with E-state index in [1.807, 2.05) is 0 Å². The zero-order valence-corrected chi connectivity index (χ0v) is 12.6. The van der Waals surface area contributed by atoms with Gasteiger partial charge in [0.2, 0.25) is 10.0 Å². The molecule has 0 radical (unpaired) electrons. The number of aliphatic hydroxyl groups is 1. The molecule has 0 heterocycles. The molecule has 5 nitrogen and oxygen atoms in total. The summed E-state index contributed by atoms with van der Waals surface area (Å²) >= 11 is 0. The van der Waals surface area contributed by atoms with Gasteiger partial charge in [-0.15, -0.1) is 0 Å². The zero-order chi connectivity index (χ0) is 14.6. The Bertz CT molecular complexity index is 512. The first-order chi connectivity index (χ1) is 8.74. The van der Waals surface area contributed by atoms with Crippen LogP contribution in [0.2, 0.25) is 0 Å². The summed E-state index contributed by atoms with van der Waals surface area (Å²) < 4.78 is 27.1. The molecule has 0 saturated carbocycles. The van der Waals surface area contributed by atoms with Crippen molar-refractivity contribution in [2.24, 2.45) is 0 Å². The molecular weight excluding hydrogens is 264 g/mol. The average molecular weight is 286 g/mol. The van der Waals surface area contributed by atoms with E-state index in [0.29, 0.717) is 12.2 Å². The van der Waals surface area contributed by atoms with Crippen LogP contribution in [0, 0.1) is 0 Å². The highest BCUT2D eigenvalue weighted by molar-refractivity contribution is 7.89. The summed E-state index contributed by atoms with van der Waals surface area (Å²) in [6, 6.07) is 6.60. The van der Waals surface area contributed by atoms with Crippen LogP contribution < -0.4 is 9.62 Å². The topological polar surface area (TPSA) is 69.6 Å². The number of para-hydroxylation sites is 1. The van der Waals surface area contributed by atoms with E-state index in [0.717, 1.165) is 0 Å². The molecule has 0 aliphatic heterocycles. The van der Waals surface area contributed by atoms with Crippen LogP contribution in [0.3, 0.4) is 0 Å². The molecule has 6 heteroatoms. The predicted octanol–water partition coefficient (Wildman–Crippen LogP) is 1.19. The summed E-state index contributed by atoms with van der Waals surface area (Å²) in [6.45, 7) is 5.59. The molecule has 1 unspecified atom stereocenters. The Kier molecular flexibility index (Phi) is 5.34. The van der Waals surface area contributed by atoms with Gasteiger partial charge in [0.25, 0.3) is 0 Å². The first kappa shape index (κ1) is 15.9. The van der Waals surface area contributed by atoms with E-state index in [9.17, 15) is 13.5 Å². The first-order valence-corrected chi connectivity index (χ1v) is 7.73. The molecule has 1 aromatic rings. The molecular formula is C13H22N2O3S. The molecule has 1 aromatic carbocycles. The Morgan fingerprint density at radius 3 is 2.37 bits per heavy atom. The number of hydrogen-bond donors (Lipinski definition) is 2. The summed E-state index contributed by atoms with van der Waals surface area (Å²) in [5.74, 6) is 0. The second-order valence-corrected chi connectivity index (χ2v) is 6.66. The molecule has 0 fully saturated rings. The number of nitrogens with zero attached hydrogens (tertiary/aromatic N) is 1. The van der Waals surface area contributed by atoms with Gasteiger partial charge in [-0.1, -0.05) is 12.1 Å². The van der Waals surface area contributed by atoms with E-state index in [1.54, 1.807) is 57.0 Å². The Balaban J connectivity index is 3.15. The van der Waals surface area contributed by atoms with Crippen molar-refractivity contribution >= 4 is 15.7 Å². The number of nitrogens with one attached hydrogen (secondary N) is 1. The Labute approximate surface area is 115 Å². The van der Waals surface area contributed by atoms with Crippen molar-refractivity contribution in [3.8, 4) is 0 Å². The summed E-state index contributed by atoms with van der Waals surface area (Å²) in [5, 5.41) is 9.42. The molecule has 0 aliphatic carbocycles. The number of benzene rings is 1. The van der Waals surface area contributed by atoms with Crippen LogP contribution in [-0.2, 0) is 10.0 Å². The molecule has 0 aliphatic rings. The standard InChI is InChI=1S/C13H22N2O3S/c1-10(2)14-19(17,18)13-8-6-5-7-12(13)15(4)9-11(3)16/h5-8,10-11,14,16H,9H2,1-4H3. The Hall–Kier alpha value is -1.11. The third-order valence-corrected chi connectivity index (χ3v) is 4.20. The third-order valence-electron chi connectivity index (χ3n) is 2.49. The molecule has 0 amide bonds. The summed E-state index contributed by atoms with van der Waals surface area (Å²) in [6.07, 6.45) is -0.529. The predicted molar refractivity (Wildman–Crippen MR) is 76.9 cm³/mol. The van der Waals surface area contributed by atoms with E-state index >= 15 is 0 Å². The van der Waals surface area contributed by atoms with Crippen LogP contribution in [-0.4, -0.2) is 39.3 Å². The maximum absolute atomic E-state index is 12.3. The molecule has 108 valence electrons. The number of hydrogen-bond acceptors (Lipinski definition) is 4. The second-order valence-electron chi connectivity index (χ2n) is 4.97. The van der Waals surface area contributed by atoms with Gasteiger partial charge >= 0.3 is 0 Å². The molecule has 1 atom stereocenters. The fraction of sp³-hybridized carbons (Fsp3) is 0.538. The normalized spacial score (nSPS) is 13.6. The van der Waals surface area contributed by atoms with E-state index in [1.165, 1.54) is 0 Å². The molecule has 0 aromatic heterocycles. The molecule has 0 saturated heterocycles. The highest BCUT2D eigenvalue weighted by atomic mass is 32.2. The first-order valence-electron chi connectivity index (χ1n) is 6.24. The summed E-state index contributed by atoms with van der Waals surface area (Å²) in [4.78, 5) is 1.96. The quantitative estimate of drug-likeness (QED) is 0.824. The lowest BCUT2D eigenvalue weighted by atomic mass is 10.2. The van der Waals surface area contributed by atoms with E-state index in [-0.39, 0.29) is 10.9 Å². The lowest BCUT2D eigenvalue weighted by Gasteiger charge is -2.24. The van der Waals surface area contributed by atoms with Crippen LogP contribution in [0.4, 0.5) is 5.69 Å².